The first-order valence-corrected chi connectivity index (χ1v) is 8.41. The van der Waals surface area contributed by atoms with Crippen LogP contribution in [0.1, 0.15) is 44.7 Å². The van der Waals surface area contributed by atoms with Crippen molar-refractivity contribution in [3.05, 3.63) is 70.3 Å². The van der Waals surface area contributed by atoms with Gasteiger partial charge in [-0.05, 0) is 49.1 Å². The first-order chi connectivity index (χ1) is 11.6. The number of fused-ring (bicyclic) bond motifs is 1. The summed E-state index contributed by atoms with van der Waals surface area (Å²) >= 11 is 0. The van der Waals surface area contributed by atoms with Gasteiger partial charge in [0.05, 0.1) is 5.57 Å². The summed E-state index contributed by atoms with van der Waals surface area (Å²) in [7, 11) is 0. The maximum absolute atomic E-state index is 12.5. The van der Waals surface area contributed by atoms with Gasteiger partial charge in [-0.2, -0.15) is 0 Å². The zero-order valence-corrected chi connectivity index (χ0v) is 13.7. The molecule has 3 heteroatoms. The highest BCUT2D eigenvalue weighted by atomic mass is 16.2. The van der Waals surface area contributed by atoms with E-state index in [1.165, 1.54) is 18.5 Å². The number of anilines is 1. The van der Waals surface area contributed by atoms with Crippen LogP contribution in [-0.4, -0.2) is 24.7 Å². The van der Waals surface area contributed by atoms with Crippen LogP contribution in [0.3, 0.4) is 0 Å². The molecule has 4 rings (SSSR count). The summed E-state index contributed by atoms with van der Waals surface area (Å²) in [5.74, 6) is -0.336. The van der Waals surface area contributed by atoms with Crippen LogP contribution in [0.15, 0.2) is 48.0 Å². The smallest absolute Gasteiger partial charge is 0.197 e. The third-order valence-electron chi connectivity index (χ3n) is 4.93. The molecular formula is C21H19NO2. The van der Waals surface area contributed by atoms with E-state index in [-0.39, 0.29) is 17.1 Å². The molecule has 0 unspecified atom stereocenters. The zero-order valence-electron chi connectivity index (χ0n) is 13.7. The van der Waals surface area contributed by atoms with Crippen LogP contribution in [0.2, 0.25) is 0 Å². The van der Waals surface area contributed by atoms with Gasteiger partial charge in [-0.3, -0.25) is 9.59 Å². The van der Waals surface area contributed by atoms with E-state index in [2.05, 4.69) is 17.0 Å². The Bertz CT molecular complexity index is 836. The SMILES string of the molecule is Cc1cc(N2CCCC2)ccc1C=C1C(=O)c2ccccc2C1=O. The molecule has 0 bridgehead atoms. The van der Waals surface area contributed by atoms with Gasteiger partial charge in [0, 0.05) is 29.9 Å². The second kappa shape index (κ2) is 5.75. The van der Waals surface area contributed by atoms with Crippen molar-refractivity contribution in [2.45, 2.75) is 19.8 Å². The molecule has 120 valence electrons. The molecule has 0 saturated carbocycles. The van der Waals surface area contributed by atoms with Crippen molar-refractivity contribution in [1.82, 2.24) is 0 Å². The van der Waals surface area contributed by atoms with E-state index in [0.717, 1.165) is 24.2 Å². The standard InChI is InChI=1S/C21H19NO2/c1-14-12-16(22-10-4-5-11-22)9-8-15(14)13-19-20(23)17-6-2-3-7-18(17)21(19)24/h2-3,6-9,12-13H,4-5,10-11H2,1H3. The minimum absolute atomic E-state index is 0.168. The van der Waals surface area contributed by atoms with Gasteiger partial charge >= 0.3 is 0 Å². The van der Waals surface area contributed by atoms with E-state index in [4.69, 9.17) is 0 Å². The Labute approximate surface area is 141 Å². The predicted octanol–water partition coefficient (Wildman–Crippen LogP) is 4.06. The van der Waals surface area contributed by atoms with Gasteiger partial charge in [-0.15, -0.1) is 0 Å². The third kappa shape index (κ3) is 2.37. The fraction of sp³-hybridized carbons (Fsp3) is 0.238. The number of benzene rings is 2. The van der Waals surface area contributed by atoms with E-state index >= 15 is 0 Å². The first-order valence-electron chi connectivity index (χ1n) is 8.41. The Morgan fingerprint density at radius 2 is 1.54 bits per heavy atom. The molecule has 0 radical (unpaired) electrons. The van der Waals surface area contributed by atoms with Crippen LogP contribution in [0.5, 0.6) is 0 Å². The van der Waals surface area contributed by atoms with Crippen LogP contribution in [0.4, 0.5) is 5.69 Å². The molecule has 0 aromatic heterocycles. The highest BCUT2D eigenvalue weighted by Crippen LogP contribution is 2.29. The Kier molecular flexibility index (Phi) is 3.57. The number of Topliss-reactive ketones (excluding diaryl/α,β-unsaturated/α-hetero) is 2. The van der Waals surface area contributed by atoms with Gasteiger partial charge in [0.15, 0.2) is 11.6 Å². The van der Waals surface area contributed by atoms with E-state index in [0.29, 0.717) is 11.1 Å². The second-order valence-corrected chi connectivity index (χ2v) is 6.50. The molecule has 1 aliphatic heterocycles. The van der Waals surface area contributed by atoms with Crippen LogP contribution >= 0.6 is 0 Å². The number of carbonyl (C=O) groups is 2. The number of carbonyl (C=O) groups excluding carboxylic acids is 2. The van der Waals surface area contributed by atoms with Crippen molar-refractivity contribution in [2.24, 2.45) is 0 Å². The number of aryl methyl sites for hydroxylation is 1. The number of hydrogen-bond acceptors (Lipinski definition) is 3. The van der Waals surface area contributed by atoms with Crippen molar-refractivity contribution in [1.29, 1.82) is 0 Å². The number of hydrogen-bond donors (Lipinski definition) is 0. The van der Waals surface area contributed by atoms with E-state index < -0.39 is 0 Å². The topological polar surface area (TPSA) is 37.4 Å². The summed E-state index contributed by atoms with van der Waals surface area (Å²) in [4.78, 5) is 27.4. The fourth-order valence-electron chi connectivity index (χ4n) is 3.55. The van der Waals surface area contributed by atoms with E-state index in [9.17, 15) is 9.59 Å². The molecule has 0 spiro atoms. The van der Waals surface area contributed by atoms with Gasteiger partial charge in [0.25, 0.3) is 0 Å². The molecule has 1 saturated heterocycles. The van der Waals surface area contributed by atoms with Crippen molar-refractivity contribution in [3.63, 3.8) is 0 Å². The van der Waals surface area contributed by atoms with Gasteiger partial charge in [-0.1, -0.05) is 30.3 Å². The summed E-state index contributed by atoms with van der Waals surface area (Å²) in [5.41, 5.74) is 4.54. The fourth-order valence-corrected chi connectivity index (χ4v) is 3.55. The lowest BCUT2D eigenvalue weighted by molar-refractivity contribution is 0.0990. The molecule has 1 heterocycles. The average molecular weight is 317 g/mol. The highest BCUT2D eigenvalue weighted by Gasteiger charge is 2.32. The molecule has 0 atom stereocenters. The molecule has 2 aromatic carbocycles. The molecular weight excluding hydrogens is 298 g/mol. The van der Waals surface area contributed by atoms with Gasteiger partial charge < -0.3 is 4.90 Å². The maximum atomic E-state index is 12.5. The number of allylic oxidation sites excluding steroid dienone is 1. The second-order valence-electron chi connectivity index (χ2n) is 6.50. The third-order valence-corrected chi connectivity index (χ3v) is 4.93. The Balaban J connectivity index is 1.69. The monoisotopic (exact) mass is 317 g/mol. The van der Waals surface area contributed by atoms with E-state index in [1.54, 1.807) is 30.3 Å². The lowest BCUT2D eigenvalue weighted by Crippen LogP contribution is -2.17. The maximum Gasteiger partial charge on any atom is 0.197 e. The predicted molar refractivity (Wildman–Crippen MR) is 95.7 cm³/mol. The number of rotatable bonds is 2. The minimum Gasteiger partial charge on any atom is -0.372 e. The minimum atomic E-state index is -0.168. The summed E-state index contributed by atoms with van der Waals surface area (Å²) in [6, 6.07) is 13.3. The molecule has 1 fully saturated rings. The van der Waals surface area contributed by atoms with Crippen molar-refractivity contribution >= 4 is 23.3 Å². The van der Waals surface area contributed by atoms with Crippen LogP contribution in [-0.2, 0) is 0 Å². The highest BCUT2D eigenvalue weighted by molar-refractivity contribution is 6.41. The summed E-state index contributed by atoms with van der Waals surface area (Å²) in [6.45, 7) is 4.24. The molecule has 3 nitrogen and oxygen atoms in total. The zero-order chi connectivity index (χ0) is 16.7. The Morgan fingerprint density at radius 3 is 2.12 bits per heavy atom. The molecule has 2 aliphatic rings. The van der Waals surface area contributed by atoms with Gasteiger partial charge in [0.2, 0.25) is 0 Å². The molecule has 0 N–H and O–H groups in total. The Hall–Kier alpha value is -2.68. The molecule has 1 aliphatic carbocycles. The summed E-state index contributed by atoms with van der Waals surface area (Å²) in [5, 5.41) is 0. The van der Waals surface area contributed by atoms with Crippen LogP contribution in [0, 0.1) is 6.92 Å². The van der Waals surface area contributed by atoms with Crippen LogP contribution in [0.25, 0.3) is 6.08 Å². The lowest BCUT2D eigenvalue weighted by atomic mass is 10.0. The van der Waals surface area contributed by atoms with Gasteiger partial charge in [0.1, 0.15) is 0 Å². The molecule has 0 amide bonds. The molecule has 2 aromatic rings. The van der Waals surface area contributed by atoms with E-state index in [1.807, 2.05) is 13.0 Å². The van der Waals surface area contributed by atoms with Crippen LogP contribution < -0.4 is 4.90 Å². The van der Waals surface area contributed by atoms with Crippen molar-refractivity contribution < 1.29 is 9.59 Å². The van der Waals surface area contributed by atoms with Crippen molar-refractivity contribution in [3.8, 4) is 0 Å². The van der Waals surface area contributed by atoms with Crippen molar-refractivity contribution in [2.75, 3.05) is 18.0 Å². The quantitative estimate of drug-likeness (QED) is 0.619. The summed E-state index contributed by atoms with van der Waals surface area (Å²) in [6.07, 6.45) is 4.23. The lowest BCUT2D eigenvalue weighted by Gasteiger charge is -2.18. The first kappa shape index (κ1) is 14.9. The number of nitrogens with zero attached hydrogens (tertiary/aromatic N) is 1. The Morgan fingerprint density at radius 1 is 0.917 bits per heavy atom. The van der Waals surface area contributed by atoms with Gasteiger partial charge in [-0.25, -0.2) is 0 Å². The summed E-state index contributed by atoms with van der Waals surface area (Å²) < 4.78 is 0. The molecule has 24 heavy (non-hydrogen) atoms. The average Bonchev–Trinajstić information content (AvgIpc) is 3.21. The largest absolute Gasteiger partial charge is 0.372 e. The number of ketones is 2. The normalized spacial score (nSPS) is 16.7.